The van der Waals surface area contributed by atoms with Crippen molar-refractivity contribution in [2.24, 2.45) is 0 Å². The molecule has 2 nitrogen and oxygen atoms in total. The molecule has 0 atom stereocenters. The molecular weight excluding hydrogens is 976 g/mol. The Labute approximate surface area is 474 Å². The molecule has 378 valence electrons. The molecule has 0 saturated carbocycles. The maximum absolute atomic E-state index is 2.62. The lowest BCUT2D eigenvalue weighted by Gasteiger charge is -2.46. The fraction of sp³-hybridized carbons (Fsp3) is 0. The van der Waals surface area contributed by atoms with E-state index in [4.69, 9.17) is 0 Å². The van der Waals surface area contributed by atoms with Crippen LogP contribution in [-0.4, -0.2) is 6.71 Å². The number of benzene rings is 13. The van der Waals surface area contributed by atoms with Crippen LogP contribution in [0.15, 0.2) is 322 Å². The van der Waals surface area contributed by atoms with Gasteiger partial charge in [-0.05, 0) is 132 Å². The van der Waals surface area contributed by atoms with Gasteiger partial charge in [-0.3, -0.25) is 0 Å². The smallest absolute Gasteiger partial charge is 0.252 e. The van der Waals surface area contributed by atoms with Crippen molar-refractivity contribution < 1.29 is 0 Å². The van der Waals surface area contributed by atoms with Crippen LogP contribution in [0.2, 0.25) is 0 Å². The van der Waals surface area contributed by atoms with E-state index in [1.54, 1.807) is 0 Å². The summed E-state index contributed by atoms with van der Waals surface area (Å²) in [5.41, 5.74) is 29.2. The SMILES string of the molecule is c1ccc(-c2ccc3c(c2)B2c4cc(-c5ccccc5)ccc4N(c4c(-c5ccccc5)cc(-c5ccccc5)cc4-c4ccccc4)c4cccc(c42)N3c2c(-c3ccccc3)cc(-c3ccccc3)cc2-c2ccccc2)cc1. The summed E-state index contributed by atoms with van der Waals surface area (Å²) < 4.78 is 0. The van der Waals surface area contributed by atoms with E-state index in [-0.39, 0.29) is 6.71 Å². The molecule has 2 aliphatic rings. The highest BCUT2D eigenvalue weighted by atomic mass is 15.2. The molecule has 2 aliphatic heterocycles. The van der Waals surface area contributed by atoms with E-state index in [1.807, 2.05) is 0 Å². The van der Waals surface area contributed by atoms with Gasteiger partial charge >= 0.3 is 0 Å². The molecule has 13 aromatic carbocycles. The Balaban J connectivity index is 1.09. The van der Waals surface area contributed by atoms with Gasteiger partial charge in [0.05, 0.1) is 11.4 Å². The Bertz CT molecular complexity index is 4020. The summed E-state index contributed by atoms with van der Waals surface area (Å²) in [6, 6.07) is 119. The van der Waals surface area contributed by atoms with Crippen LogP contribution < -0.4 is 26.2 Å². The highest BCUT2D eigenvalue weighted by molar-refractivity contribution is 7.00. The number of hydrogen-bond acceptors (Lipinski definition) is 2. The summed E-state index contributed by atoms with van der Waals surface area (Å²) in [6.07, 6.45) is 0. The van der Waals surface area contributed by atoms with Crippen molar-refractivity contribution in [1.82, 2.24) is 0 Å². The maximum atomic E-state index is 2.62. The first-order valence-electron chi connectivity index (χ1n) is 28.0. The van der Waals surface area contributed by atoms with Crippen LogP contribution in [-0.2, 0) is 0 Å². The molecule has 0 bridgehead atoms. The van der Waals surface area contributed by atoms with Crippen LogP contribution in [0.4, 0.5) is 34.1 Å². The molecule has 15 rings (SSSR count). The molecule has 0 fully saturated rings. The second-order valence-electron chi connectivity index (χ2n) is 21.1. The fourth-order valence-corrected chi connectivity index (χ4v) is 12.7. The lowest BCUT2D eigenvalue weighted by Crippen LogP contribution is -2.61. The molecule has 0 aliphatic carbocycles. The summed E-state index contributed by atoms with van der Waals surface area (Å²) >= 11 is 0. The molecule has 0 aromatic heterocycles. The van der Waals surface area contributed by atoms with Crippen LogP contribution in [0.5, 0.6) is 0 Å². The summed E-state index contributed by atoms with van der Waals surface area (Å²) in [6.45, 7) is -0.158. The fourth-order valence-electron chi connectivity index (χ4n) is 12.7. The second kappa shape index (κ2) is 20.4. The molecule has 0 N–H and O–H groups in total. The average molecular weight is 1030 g/mol. The minimum absolute atomic E-state index is 0.158. The Morgan fingerprint density at radius 1 is 0.185 bits per heavy atom. The van der Waals surface area contributed by atoms with Crippen LogP contribution in [0.3, 0.4) is 0 Å². The van der Waals surface area contributed by atoms with E-state index in [1.165, 1.54) is 49.8 Å². The third kappa shape index (κ3) is 8.46. The molecule has 0 saturated heterocycles. The Morgan fingerprint density at radius 2 is 0.444 bits per heavy atom. The van der Waals surface area contributed by atoms with E-state index in [2.05, 4.69) is 331 Å². The lowest BCUT2D eigenvalue weighted by molar-refractivity contribution is 1.25. The zero-order valence-electron chi connectivity index (χ0n) is 44.6. The van der Waals surface area contributed by atoms with E-state index < -0.39 is 0 Å². The van der Waals surface area contributed by atoms with Gasteiger partial charge in [0, 0.05) is 45.0 Å². The number of anilines is 6. The number of rotatable bonds is 10. The topological polar surface area (TPSA) is 6.48 Å². The van der Waals surface area contributed by atoms with Crippen molar-refractivity contribution in [1.29, 1.82) is 0 Å². The Morgan fingerprint density at radius 3 is 0.728 bits per heavy atom. The lowest BCUT2D eigenvalue weighted by atomic mass is 9.33. The largest absolute Gasteiger partial charge is 0.310 e. The third-order valence-corrected chi connectivity index (χ3v) is 16.4. The summed E-state index contributed by atoms with van der Waals surface area (Å²) in [5.74, 6) is 0. The number of nitrogens with zero attached hydrogens (tertiary/aromatic N) is 2. The maximum Gasteiger partial charge on any atom is 0.252 e. The minimum Gasteiger partial charge on any atom is -0.310 e. The number of fused-ring (bicyclic) bond motifs is 4. The van der Waals surface area contributed by atoms with Crippen LogP contribution in [0.25, 0.3) is 89.0 Å². The van der Waals surface area contributed by atoms with Crippen molar-refractivity contribution in [3.8, 4) is 89.0 Å². The van der Waals surface area contributed by atoms with Gasteiger partial charge in [0.25, 0.3) is 6.71 Å². The monoisotopic (exact) mass is 1030 g/mol. The highest BCUT2D eigenvalue weighted by Gasteiger charge is 2.45. The van der Waals surface area contributed by atoms with Crippen molar-refractivity contribution in [2.75, 3.05) is 9.80 Å². The summed E-state index contributed by atoms with van der Waals surface area (Å²) in [7, 11) is 0. The molecule has 0 unspecified atom stereocenters. The van der Waals surface area contributed by atoms with Gasteiger partial charge in [-0.2, -0.15) is 0 Å². The van der Waals surface area contributed by atoms with Gasteiger partial charge in [-0.1, -0.05) is 273 Å². The van der Waals surface area contributed by atoms with E-state index in [0.717, 1.165) is 89.8 Å². The van der Waals surface area contributed by atoms with Gasteiger partial charge in [0.1, 0.15) is 0 Å². The predicted octanol–water partition coefficient (Wildman–Crippen LogP) is 19.1. The molecule has 81 heavy (non-hydrogen) atoms. The first-order chi connectivity index (χ1) is 40.2. The predicted molar refractivity (Wildman–Crippen MR) is 344 cm³/mol. The van der Waals surface area contributed by atoms with Crippen molar-refractivity contribution in [3.63, 3.8) is 0 Å². The molecule has 2 heterocycles. The zero-order chi connectivity index (χ0) is 53.6. The minimum atomic E-state index is -0.158. The molecule has 0 amide bonds. The van der Waals surface area contributed by atoms with E-state index in [0.29, 0.717) is 0 Å². The second-order valence-corrected chi connectivity index (χ2v) is 21.1. The quantitative estimate of drug-likeness (QED) is 0.126. The molecule has 3 heteroatoms. The molecular formula is C78H53BN2. The average Bonchev–Trinajstić information content (AvgIpc) is 3.43. The van der Waals surface area contributed by atoms with Crippen LogP contribution in [0.1, 0.15) is 0 Å². The first kappa shape index (κ1) is 47.7. The van der Waals surface area contributed by atoms with Gasteiger partial charge in [-0.15, -0.1) is 0 Å². The van der Waals surface area contributed by atoms with Crippen molar-refractivity contribution in [3.05, 3.63) is 322 Å². The molecule has 0 radical (unpaired) electrons. The third-order valence-electron chi connectivity index (χ3n) is 16.4. The van der Waals surface area contributed by atoms with Crippen molar-refractivity contribution >= 4 is 57.2 Å². The highest BCUT2D eigenvalue weighted by Crippen LogP contribution is 2.54. The van der Waals surface area contributed by atoms with Crippen LogP contribution in [0, 0.1) is 0 Å². The first-order valence-corrected chi connectivity index (χ1v) is 28.0. The molecule has 13 aromatic rings. The van der Waals surface area contributed by atoms with Crippen LogP contribution >= 0.6 is 0 Å². The standard InChI is InChI=1S/C78H53BN2/c1-9-26-54(27-10-1)62-44-46-72-70(52-62)79-71-53-63(55-28-11-2-12-29-55)45-47-73(71)81(78-68(60-38-21-7-22-39-60)50-65(57-32-15-4-16-33-57)51-69(78)61-40-23-8-24-41-61)75-43-25-42-74(76(75)79)80(72)77-66(58-34-17-5-18-35-58)48-64(56-30-13-3-14-31-56)49-67(77)59-36-19-6-20-37-59/h1-53H. The number of hydrogen-bond donors (Lipinski definition) is 0. The zero-order valence-corrected chi connectivity index (χ0v) is 44.6. The van der Waals surface area contributed by atoms with Gasteiger partial charge < -0.3 is 9.80 Å². The van der Waals surface area contributed by atoms with Gasteiger partial charge in [0.15, 0.2) is 0 Å². The summed E-state index contributed by atoms with van der Waals surface area (Å²) in [4.78, 5) is 5.25. The normalized spacial score (nSPS) is 12.1. The summed E-state index contributed by atoms with van der Waals surface area (Å²) in [5, 5.41) is 0. The van der Waals surface area contributed by atoms with Crippen molar-refractivity contribution in [2.45, 2.75) is 0 Å². The van der Waals surface area contributed by atoms with E-state index in [9.17, 15) is 0 Å². The molecule has 0 spiro atoms. The van der Waals surface area contributed by atoms with Gasteiger partial charge in [-0.25, -0.2) is 0 Å². The van der Waals surface area contributed by atoms with E-state index >= 15 is 0 Å². The Hall–Kier alpha value is -10.5. The van der Waals surface area contributed by atoms with Gasteiger partial charge in [0.2, 0.25) is 0 Å². The Kier molecular flexibility index (Phi) is 12.0.